The molecule has 0 atom stereocenters. The van der Waals surface area contributed by atoms with Gasteiger partial charge in [-0.05, 0) is 31.4 Å². The van der Waals surface area contributed by atoms with E-state index in [1.54, 1.807) is 0 Å². The third-order valence-electron chi connectivity index (χ3n) is 3.49. The molecule has 0 saturated heterocycles. The Morgan fingerprint density at radius 3 is 2.13 bits per heavy atom. The summed E-state index contributed by atoms with van der Waals surface area (Å²) in [5.41, 5.74) is 2.29. The number of nitrogens with one attached hydrogen (secondary N) is 1. The summed E-state index contributed by atoms with van der Waals surface area (Å²) in [6.07, 6.45) is 2.51. The van der Waals surface area contributed by atoms with Crippen molar-refractivity contribution in [2.75, 3.05) is 29.4 Å². The monoisotopic (exact) mass is 362 g/mol. The molecular weight excluding hydrogens is 336 g/mol. The Bertz CT molecular complexity index is 708. The van der Waals surface area contributed by atoms with Crippen LogP contribution < -0.4 is 9.03 Å². The van der Waals surface area contributed by atoms with Gasteiger partial charge < -0.3 is 0 Å². The molecule has 1 N–H and O–H groups in total. The van der Waals surface area contributed by atoms with Crippen molar-refractivity contribution in [3.8, 4) is 0 Å². The maximum Gasteiger partial charge on any atom is 0.232 e. The Kier molecular flexibility index (Phi) is 7.03. The van der Waals surface area contributed by atoms with Crippen LogP contribution in [0.2, 0.25) is 0 Å². The Labute approximate surface area is 140 Å². The van der Waals surface area contributed by atoms with E-state index in [2.05, 4.69) is 4.72 Å². The number of para-hydroxylation sites is 1. The molecule has 1 aromatic rings. The lowest BCUT2D eigenvalue weighted by Gasteiger charge is -2.26. The summed E-state index contributed by atoms with van der Waals surface area (Å²) in [6, 6.07) is 5.54. The quantitative estimate of drug-likeness (QED) is 0.726. The van der Waals surface area contributed by atoms with Gasteiger partial charge >= 0.3 is 0 Å². The van der Waals surface area contributed by atoms with E-state index in [4.69, 9.17) is 0 Å². The molecule has 0 saturated carbocycles. The van der Waals surface area contributed by atoms with Gasteiger partial charge in [-0.25, -0.2) is 21.6 Å². The van der Waals surface area contributed by atoms with Gasteiger partial charge in [-0.3, -0.25) is 4.31 Å². The van der Waals surface area contributed by atoms with Gasteiger partial charge in [-0.2, -0.15) is 0 Å². The summed E-state index contributed by atoms with van der Waals surface area (Å²) in [4.78, 5) is 0. The van der Waals surface area contributed by atoms with Crippen LogP contribution in [0, 0.1) is 13.8 Å². The van der Waals surface area contributed by atoms with Crippen molar-refractivity contribution in [2.24, 2.45) is 0 Å². The summed E-state index contributed by atoms with van der Waals surface area (Å²) in [5, 5.41) is 0. The van der Waals surface area contributed by atoms with Gasteiger partial charge in [0.25, 0.3) is 0 Å². The van der Waals surface area contributed by atoms with Crippen LogP contribution in [0.5, 0.6) is 0 Å². The number of hydrogen-bond acceptors (Lipinski definition) is 4. The average Bonchev–Trinajstić information content (AvgIpc) is 2.42. The zero-order chi connectivity index (χ0) is 17.7. The average molecular weight is 363 g/mol. The van der Waals surface area contributed by atoms with E-state index >= 15 is 0 Å². The molecule has 0 heterocycles. The third kappa shape index (κ3) is 6.12. The van der Waals surface area contributed by atoms with Gasteiger partial charge in [0.05, 0.1) is 17.7 Å². The molecule has 6 nitrogen and oxygen atoms in total. The summed E-state index contributed by atoms with van der Waals surface area (Å²) in [6.45, 7) is 5.71. The highest BCUT2D eigenvalue weighted by molar-refractivity contribution is 7.92. The smallest absolute Gasteiger partial charge is 0.232 e. The minimum Gasteiger partial charge on any atom is -0.269 e. The lowest BCUT2D eigenvalue weighted by molar-refractivity contribution is 0.575. The largest absolute Gasteiger partial charge is 0.269 e. The summed E-state index contributed by atoms with van der Waals surface area (Å²) in [7, 11) is -6.86. The molecular formula is C15H26N2O4S2. The predicted molar refractivity (Wildman–Crippen MR) is 94.8 cm³/mol. The number of rotatable bonds is 9. The lowest BCUT2D eigenvalue weighted by Crippen LogP contribution is -2.39. The van der Waals surface area contributed by atoms with Gasteiger partial charge in [0.15, 0.2) is 0 Å². The zero-order valence-electron chi connectivity index (χ0n) is 14.2. The van der Waals surface area contributed by atoms with Crippen molar-refractivity contribution in [3.63, 3.8) is 0 Å². The highest BCUT2D eigenvalue weighted by Crippen LogP contribution is 2.26. The maximum atomic E-state index is 12.1. The van der Waals surface area contributed by atoms with E-state index < -0.39 is 20.0 Å². The summed E-state index contributed by atoms with van der Waals surface area (Å²) in [5.74, 6) is 0.0613. The summed E-state index contributed by atoms with van der Waals surface area (Å²) < 4.78 is 51.6. The summed E-state index contributed by atoms with van der Waals surface area (Å²) >= 11 is 0. The number of sulfonamides is 2. The molecule has 0 unspecified atom stereocenters. The Balaban J connectivity index is 2.91. The second-order valence-corrected chi connectivity index (χ2v) is 9.48. The van der Waals surface area contributed by atoms with Crippen molar-refractivity contribution >= 4 is 25.7 Å². The SMILES string of the molecule is CCCCS(=O)(=O)NCCN(c1c(C)cccc1C)S(C)(=O)=O. The van der Waals surface area contributed by atoms with Crippen molar-refractivity contribution in [1.82, 2.24) is 4.72 Å². The van der Waals surface area contributed by atoms with Crippen LogP contribution in [0.15, 0.2) is 18.2 Å². The number of benzene rings is 1. The topological polar surface area (TPSA) is 83.6 Å². The predicted octanol–water partition coefficient (Wildman–Crippen LogP) is 1.79. The molecule has 132 valence electrons. The molecule has 0 fully saturated rings. The van der Waals surface area contributed by atoms with Gasteiger partial charge in [0.2, 0.25) is 20.0 Å². The molecule has 0 bridgehead atoms. The molecule has 1 aromatic carbocycles. The van der Waals surface area contributed by atoms with E-state index in [0.29, 0.717) is 12.1 Å². The number of anilines is 1. The molecule has 0 spiro atoms. The maximum absolute atomic E-state index is 12.1. The second-order valence-electron chi connectivity index (χ2n) is 5.64. The highest BCUT2D eigenvalue weighted by atomic mass is 32.2. The fourth-order valence-electron chi connectivity index (χ4n) is 2.35. The van der Waals surface area contributed by atoms with Crippen LogP contribution in [0.1, 0.15) is 30.9 Å². The van der Waals surface area contributed by atoms with E-state index in [1.165, 1.54) is 4.31 Å². The molecule has 0 aliphatic carbocycles. The van der Waals surface area contributed by atoms with Crippen molar-refractivity contribution in [2.45, 2.75) is 33.6 Å². The number of hydrogen-bond donors (Lipinski definition) is 1. The standard InChI is InChI=1S/C15H26N2O4S2/c1-5-6-12-23(20,21)16-10-11-17(22(4,18)19)15-13(2)8-7-9-14(15)3/h7-9,16H,5-6,10-12H2,1-4H3. The fraction of sp³-hybridized carbons (Fsp3) is 0.600. The normalized spacial score (nSPS) is 12.3. The molecule has 0 aromatic heterocycles. The van der Waals surface area contributed by atoms with E-state index in [9.17, 15) is 16.8 Å². The van der Waals surface area contributed by atoms with Crippen molar-refractivity contribution in [3.05, 3.63) is 29.3 Å². The third-order valence-corrected chi connectivity index (χ3v) is 6.13. The Hall–Kier alpha value is -1.12. The number of nitrogens with zero attached hydrogens (tertiary/aromatic N) is 1. The Morgan fingerprint density at radius 1 is 1.09 bits per heavy atom. The first kappa shape index (κ1) is 19.9. The first-order chi connectivity index (χ1) is 10.6. The zero-order valence-corrected chi connectivity index (χ0v) is 15.8. The van der Waals surface area contributed by atoms with Crippen molar-refractivity contribution in [1.29, 1.82) is 0 Å². The number of aryl methyl sites for hydroxylation is 2. The molecule has 0 amide bonds. The van der Waals surface area contributed by atoms with Gasteiger partial charge in [0, 0.05) is 13.1 Å². The number of unbranched alkanes of at least 4 members (excludes halogenated alkanes) is 1. The fourth-order valence-corrected chi connectivity index (χ4v) is 4.61. The molecule has 8 heteroatoms. The van der Waals surface area contributed by atoms with Crippen molar-refractivity contribution < 1.29 is 16.8 Å². The second kappa shape index (κ2) is 8.12. The lowest BCUT2D eigenvalue weighted by atomic mass is 10.1. The highest BCUT2D eigenvalue weighted by Gasteiger charge is 2.21. The minimum absolute atomic E-state index is 0.0485. The molecule has 0 aliphatic heterocycles. The van der Waals surface area contributed by atoms with Gasteiger partial charge in [-0.15, -0.1) is 0 Å². The van der Waals surface area contributed by atoms with Crippen LogP contribution in [-0.4, -0.2) is 41.9 Å². The first-order valence-corrected chi connectivity index (χ1v) is 11.1. The van der Waals surface area contributed by atoms with Crippen LogP contribution in [0.3, 0.4) is 0 Å². The van der Waals surface area contributed by atoms with Gasteiger partial charge in [0.1, 0.15) is 0 Å². The Morgan fingerprint density at radius 2 is 1.65 bits per heavy atom. The van der Waals surface area contributed by atoms with E-state index in [-0.39, 0.29) is 18.8 Å². The van der Waals surface area contributed by atoms with Gasteiger partial charge in [-0.1, -0.05) is 31.5 Å². The van der Waals surface area contributed by atoms with E-state index in [0.717, 1.165) is 23.8 Å². The van der Waals surface area contributed by atoms with Crippen LogP contribution in [0.4, 0.5) is 5.69 Å². The first-order valence-electron chi connectivity index (χ1n) is 7.59. The van der Waals surface area contributed by atoms with Crippen LogP contribution in [0.25, 0.3) is 0 Å². The molecule has 0 aliphatic rings. The minimum atomic E-state index is -3.50. The van der Waals surface area contributed by atoms with E-state index in [1.807, 2.05) is 39.0 Å². The molecule has 23 heavy (non-hydrogen) atoms. The molecule has 1 rings (SSSR count). The van der Waals surface area contributed by atoms with Crippen LogP contribution in [-0.2, 0) is 20.0 Å². The molecule has 0 radical (unpaired) electrons. The van der Waals surface area contributed by atoms with Crippen LogP contribution >= 0.6 is 0 Å².